The van der Waals surface area contributed by atoms with Gasteiger partial charge in [-0.25, -0.2) is 4.98 Å². The number of hydrogen-bond acceptors (Lipinski definition) is 5. The molecule has 0 saturated carbocycles. The quantitative estimate of drug-likeness (QED) is 0.509. The van der Waals surface area contributed by atoms with E-state index < -0.39 is 0 Å². The number of carbonyl (C=O) groups excluding carboxylic acids is 1. The predicted molar refractivity (Wildman–Crippen MR) is 114 cm³/mol. The van der Waals surface area contributed by atoms with Crippen molar-refractivity contribution < 1.29 is 9.53 Å². The molecule has 0 fully saturated rings. The number of nitrogens with one attached hydrogen (secondary N) is 1. The van der Waals surface area contributed by atoms with Crippen molar-refractivity contribution in [1.82, 2.24) is 9.38 Å². The lowest BCUT2D eigenvalue weighted by molar-refractivity contribution is 0.102. The molecule has 0 atom stereocenters. The standard InChI is InChI=1S/C21H16ClN3O3S/c1-13-11-25-19(26)10-17(24-21(25)29-13)12-28-18-4-2-3-16(9-18)23-20(27)14-5-7-15(22)8-6-14/h2-11H,12H2,1H3,(H,23,27). The van der Waals surface area contributed by atoms with Gasteiger partial charge < -0.3 is 10.1 Å². The van der Waals surface area contributed by atoms with Gasteiger partial charge in [0.2, 0.25) is 0 Å². The van der Waals surface area contributed by atoms with Gasteiger partial charge in [0.25, 0.3) is 11.5 Å². The highest BCUT2D eigenvalue weighted by molar-refractivity contribution is 7.16. The van der Waals surface area contributed by atoms with E-state index in [1.807, 2.05) is 6.92 Å². The third kappa shape index (κ3) is 4.47. The van der Waals surface area contributed by atoms with Crippen molar-refractivity contribution in [3.05, 3.63) is 92.3 Å². The Morgan fingerprint density at radius 1 is 1.21 bits per heavy atom. The van der Waals surface area contributed by atoms with Gasteiger partial charge in [-0.05, 0) is 43.3 Å². The van der Waals surface area contributed by atoms with Crippen LogP contribution in [-0.2, 0) is 6.61 Å². The number of amides is 1. The summed E-state index contributed by atoms with van der Waals surface area (Å²) in [7, 11) is 0. The number of thiazole rings is 1. The normalized spacial score (nSPS) is 10.8. The predicted octanol–water partition coefficient (Wildman–Crippen LogP) is 4.55. The number of aromatic nitrogens is 2. The summed E-state index contributed by atoms with van der Waals surface area (Å²) in [5.41, 5.74) is 1.51. The summed E-state index contributed by atoms with van der Waals surface area (Å²) in [5, 5.41) is 3.39. The van der Waals surface area contributed by atoms with Crippen LogP contribution < -0.4 is 15.6 Å². The first-order chi connectivity index (χ1) is 14.0. The summed E-state index contributed by atoms with van der Waals surface area (Å²) in [6.07, 6.45) is 1.77. The molecule has 0 aliphatic rings. The van der Waals surface area contributed by atoms with Gasteiger partial charge in [-0.1, -0.05) is 17.7 Å². The number of anilines is 1. The Balaban J connectivity index is 1.46. The van der Waals surface area contributed by atoms with E-state index in [0.29, 0.717) is 32.7 Å². The average Bonchev–Trinajstić information content (AvgIpc) is 3.08. The molecule has 2 aromatic carbocycles. The Bertz CT molecular complexity index is 1250. The molecule has 2 heterocycles. The minimum Gasteiger partial charge on any atom is -0.487 e. The minimum atomic E-state index is -0.243. The molecule has 1 N–H and O–H groups in total. The fourth-order valence-electron chi connectivity index (χ4n) is 2.76. The van der Waals surface area contributed by atoms with Crippen molar-refractivity contribution in [1.29, 1.82) is 0 Å². The first-order valence-electron chi connectivity index (χ1n) is 8.76. The van der Waals surface area contributed by atoms with E-state index in [1.165, 1.54) is 21.8 Å². The number of nitrogens with zero attached hydrogens (tertiary/aromatic N) is 2. The molecule has 29 heavy (non-hydrogen) atoms. The molecular formula is C21H16ClN3O3S. The van der Waals surface area contributed by atoms with Crippen molar-refractivity contribution in [3.63, 3.8) is 0 Å². The number of aryl methyl sites for hydroxylation is 1. The molecular weight excluding hydrogens is 410 g/mol. The van der Waals surface area contributed by atoms with Crippen molar-refractivity contribution >= 4 is 39.5 Å². The molecule has 0 bridgehead atoms. The highest BCUT2D eigenvalue weighted by Crippen LogP contribution is 2.20. The number of fused-ring (bicyclic) bond motifs is 1. The maximum atomic E-state index is 12.3. The summed E-state index contributed by atoms with van der Waals surface area (Å²) >= 11 is 7.30. The smallest absolute Gasteiger partial charge is 0.258 e. The van der Waals surface area contributed by atoms with Crippen LogP contribution in [0.5, 0.6) is 5.75 Å². The van der Waals surface area contributed by atoms with Gasteiger partial charge in [0.15, 0.2) is 4.96 Å². The third-order valence-corrected chi connectivity index (χ3v) is 5.27. The van der Waals surface area contributed by atoms with Crippen molar-refractivity contribution in [3.8, 4) is 5.75 Å². The number of carbonyl (C=O) groups is 1. The summed E-state index contributed by atoms with van der Waals surface area (Å²) in [5.74, 6) is 0.315. The monoisotopic (exact) mass is 425 g/mol. The lowest BCUT2D eigenvalue weighted by atomic mass is 10.2. The zero-order valence-electron chi connectivity index (χ0n) is 15.4. The van der Waals surface area contributed by atoms with Crippen LogP contribution in [0.2, 0.25) is 5.02 Å². The highest BCUT2D eigenvalue weighted by atomic mass is 35.5. The van der Waals surface area contributed by atoms with Gasteiger partial charge in [-0.2, -0.15) is 0 Å². The topological polar surface area (TPSA) is 72.7 Å². The van der Waals surface area contributed by atoms with Crippen LogP contribution in [0, 0.1) is 6.92 Å². The van der Waals surface area contributed by atoms with Crippen LogP contribution in [0.15, 0.2) is 65.6 Å². The molecule has 0 saturated heterocycles. The van der Waals surface area contributed by atoms with Crippen LogP contribution in [0.4, 0.5) is 5.69 Å². The fraction of sp³-hybridized carbons (Fsp3) is 0.0952. The molecule has 0 unspecified atom stereocenters. The summed E-state index contributed by atoms with van der Waals surface area (Å²) in [6.45, 7) is 2.08. The molecule has 8 heteroatoms. The molecule has 1 amide bonds. The molecule has 0 aliphatic heterocycles. The maximum absolute atomic E-state index is 12.3. The Labute approximate surface area is 175 Å². The molecule has 6 nitrogen and oxygen atoms in total. The van der Waals surface area contributed by atoms with Gasteiger partial charge in [0.05, 0.1) is 5.69 Å². The van der Waals surface area contributed by atoms with E-state index in [-0.39, 0.29) is 18.1 Å². The van der Waals surface area contributed by atoms with Gasteiger partial charge in [0.1, 0.15) is 12.4 Å². The van der Waals surface area contributed by atoms with Gasteiger partial charge in [0, 0.05) is 39.5 Å². The largest absolute Gasteiger partial charge is 0.487 e. The second-order valence-corrected chi connectivity index (χ2v) is 8.01. The van der Waals surface area contributed by atoms with Crippen molar-refractivity contribution in [2.75, 3.05) is 5.32 Å². The zero-order valence-corrected chi connectivity index (χ0v) is 17.0. The average molecular weight is 426 g/mol. The second-order valence-electron chi connectivity index (χ2n) is 6.36. The summed E-state index contributed by atoms with van der Waals surface area (Å²) in [4.78, 5) is 30.6. The lowest BCUT2D eigenvalue weighted by Crippen LogP contribution is -2.14. The number of benzene rings is 2. The number of hydrogen-bond donors (Lipinski definition) is 1. The van der Waals surface area contributed by atoms with E-state index in [2.05, 4.69) is 10.3 Å². The molecule has 4 aromatic rings. The molecule has 146 valence electrons. The molecule has 0 radical (unpaired) electrons. The molecule has 0 spiro atoms. The van der Waals surface area contributed by atoms with E-state index in [4.69, 9.17) is 16.3 Å². The first kappa shape index (κ1) is 19.2. The van der Waals surface area contributed by atoms with Crippen LogP contribution in [0.1, 0.15) is 20.9 Å². The van der Waals surface area contributed by atoms with Crippen LogP contribution in [0.3, 0.4) is 0 Å². The van der Waals surface area contributed by atoms with Gasteiger partial charge in [-0.3, -0.25) is 14.0 Å². The van der Waals surface area contributed by atoms with Crippen molar-refractivity contribution in [2.45, 2.75) is 13.5 Å². The molecule has 2 aromatic heterocycles. The molecule has 4 rings (SSSR count). The van der Waals surface area contributed by atoms with Crippen LogP contribution >= 0.6 is 22.9 Å². The zero-order chi connectivity index (χ0) is 20.4. The number of ether oxygens (including phenoxy) is 1. The van der Waals surface area contributed by atoms with Crippen LogP contribution in [0.25, 0.3) is 4.96 Å². The lowest BCUT2D eigenvalue weighted by Gasteiger charge is -2.09. The Kier molecular flexibility index (Phi) is 5.33. The van der Waals surface area contributed by atoms with Gasteiger partial charge >= 0.3 is 0 Å². The van der Waals surface area contributed by atoms with E-state index in [0.717, 1.165) is 4.88 Å². The van der Waals surface area contributed by atoms with Crippen LogP contribution in [-0.4, -0.2) is 15.3 Å². The first-order valence-corrected chi connectivity index (χ1v) is 9.96. The third-order valence-electron chi connectivity index (χ3n) is 4.12. The van der Waals surface area contributed by atoms with E-state index in [1.54, 1.807) is 54.7 Å². The fourth-order valence-corrected chi connectivity index (χ4v) is 3.73. The Morgan fingerprint density at radius 3 is 2.79 bits per heavy atom. The second kappa shape index (κ2) is 8.06. The van der Waals surface area contributed by atoms with Crippen molar-refractivity contribution in [2.24, 2.45) is 0 Å². The number of rotatable bonds is 5. The van der Waals surface area contributed by atoms with E-state index >= 15 is 0 Å². The Hall–Kier alpha value is -3.16. The maximum Gasteiger partial charge on any atom is 0.258 e. The van der Waals surface area contributed by atoms with Gasteiger partial charge in [-0.15, -0.1) is 11.3 Å². The summed E-state index contributed by atoms with van der Waals surface area (Å²) in [6, 6.07) is 15.1. The number of halogens is 1. The Morgan fingerprint density at radius 2 is 2.00 bits per heavy atom. The minimum absolute atomic E-state index is 0.137. The summed E-state index contributed by atoms with van der Waals surface area (Å²) < 4.78 is 7.30. The SMILES string of the molecule is Cc1cn2c(=O)cc(COc3cccc(NC(=O)c4ccc(Cl)cc4)c3)nc2s1. The van der Waals surface area contributed by atoms with E-state index in [9.17, 15) is 9.59 Å². The molecule has 0 aliphatic carbocycles. The highest BCUT2D eigenvalue weighted by Gasteiger charge is 2.08.